The Morgan fingerprint density at radius 3 is 3.05 bits per heavy atom. The highest BCUT2D eigenvalue weighted by Gasteiger charge is 2.09. The molecule has 19 heavy (non-hydrogen) atoms. The normalized spacial score (nSPS) is 10.4. The van der Waals surface area contributed by atoms with Crippen molar-refractivity contribution in [3.05, 3.63) is 28.7 Å². The number of rotatable bonds is 5. The zero-order valence-corrected chi connectivity index (χ0v) is 12.6. The molecule has 0 saturated heterocycles. The molecule has 2 aromatic rings. The molecule has 1 aromatic heterocycles. The molecule has 1 heterocycles. The molecule has 0 aliphatic heterocycles. The fourth-order valence-corrected chi connectivity index (χ4v) is 2.54. The molecule has 0 saturated carbocycles. The molecular formula is C12H12BrN3O2S. The van der Waals surface area contributed by atoms with Gasteiger partial charge in [0, 0.05) is 17.1 Å². The Labute approximate surface area is 123 Å². The summed E-state index contributed by atoms with van der Waals surface area (Å²) in [7, 11) is 1.56. The van der Waals surface area contributed by atoms with Gasteiger partial charge in [0.15, 0.2) is 0 Å². The molecule has 0 spiro atoms. The molecule has 0 radical (unpaired) electrons. The Hall–Kier alpha value is -1.31. The Morgan fingerprint density at radius 1 is 1.47 bits per heavy atom. The molecule has 0 aliphatic rings. The molecular weight excluding hydrogens is 330 g/mol. The van der Waals surface area contributed by atoms with Gasteiger partial charge in [0.25, 0.3) is 0 Å². The van der Waals surface area contributed by atoms with Crippen molar-refractivity contribution in [2.24, 2.45) is 0 Å². The van der Waals surface area contributed by atoms with Crippen molar-refractivity contribution in [1.82, 2.24) is 10.2 Å². The van der Waals surface area contributed by atoms with E-state index in [1.807, 2.05) is 24.3 Å². The predicted molar refractivity (Wildman–Crippen MR) is 78.2 cm³/mol. The van der Waals surface area contributed by atoms with Gasteiger partial charge in [-0.3, -0.25) is 4.79 Å². The van der Waals surface area contributed by atoms with Crippen LogP contribution in [-0.2, 0) is 9.53 Å². The summed E-state index contributed by atoms with van der Waals surface area (Å²) in [6.07, 6.45) is 0.308. The number of aromatic nitrogens is 2. The number of benzene rings is 1. The SMILES string of the molecule is COCCC(=O)Nc1nnc(-c2cccc(Br)c2)s1. The summed E-state index contributed by atoms with van der Waals surface area (Å²) >= 11 is 4.75. The third kappa shape index (κ3) is 4.09. The van der Waals surface area contributed by atoms with Crippen LogP contribution in [0.1, 0.15) is 6.42 Å². The van der Waals surface area contributed by atoms with Gasteiger partial charge in [-0.25, -0.2) is 0 Å². The van der Waals surface area contributed by atoms with Gasteiger partial charge in [0.2, 0.25) is 11.0 Å². The zero-order valence-electron chi connectivity index (χ0n) is 10.2. The van der Waals surface area contributed by atoms with Gasteiger partial charge in [-0.1, -0.05) is 39.4 Å². The number of nitrogens with zero attached hydrogens (tertiary/aromatic N) is 2. The molecule has 5 nitrogen and oxygen atoms in total. The van der Waals surface area contributed by atoms with E-state index in [0.717, 1.165) is 15.0 Å². The Morgan fingerprint density at radius 2 is 2.32 bits per heavy atom. The second-order valence-corrected chi connectivity index (χ2v) is 5.61. The Bertz CT molecular complexity index is 574. The van der Waals surface area contributed by atoms with Gasteiger partial charge in [-0.2, -0.15) is 0 Å². The first kappa shape index (κ1) is 14.1. The molecule has 0 fully saturated rings. The molecule has 0 atom stereocenters. The third-order valence-electron chi connectivity index (χ3n) is 2.28. The van der Waals surface area contributed by atoms with Crippen LogP contribution in [0.25, 0.3) is 10.6 Å². The lowest BCUT2D eigenvalue weighted by Crippen LogP contribution is -2.13. The Kier molecular flexibility index (Phi) is 5.00. The third-order valence-corrected chi connectivity index (χ3v) is 3.66. The van der Waals surface area contributed by atoms with Crippen LogP contribution in [0.2, 0.25) is 0 Å². The second-order valence-electron chi connectivity index (χ2n) is 3.71. The molecule has 100 valence electrons. The predicted octanol–water partition coefficient (Wildman–Crippen LogP) is 2.94. The molecule has 0 aliphatic carbocycles. The summed E-state index contributed by atoms with van der Waals surface area (Å²) in [5, 5.41) is 12.0. The van der Waals surface area contributed by atoms with E-state index >= 15 is 0 Å². The smallest absolute Gasteiger partial charge is 0.228 e. The van der Waals surface area contributed by atoms with Crippen molar-refractivity contribution in [2.75, 3.05) is 19.0 Å². The van der Waals surface area contributed by atoms with Crippen LogP contribution < -0.4 is 5.32 Å². The number of hydrogen-bond donors (Lipinski definition) is 1. The van der Waals surface area contributed by atoms with Gasteiger partial charge >= 0.3 is 0 Å². The number of ether oxygens (including phenoxy) is 1. The summed E-state index contributed by atoms with van der Waals surface area (Å²) in [6, 6.07) is 7.77. The summed E-state index contributed by atoms with van der Waals surface area (Å²) in [6.45, 7) is 0.392. The van der Waals surface area contributed by atoms with Crippen molar-refractivity contribution in [3.63, 3.8) is 0 Å². The van der Waals surface area contributed by atoms with Crippen LogP contribution >= 0.6 is 27.3 Å². The molecule has 1 amide bonds. The first-order valence-corrected chi connectivity index (χ1v) is 7.18. The number of anilines is 1. The average Bonchev–Trinajstić information content (AvgIpc) is 2.85. The number of carbonyl (C=O) groups is 1. The minimum atomic E-state index is -0.126. The minimum Gasteiger partial charge on any atom is -0.384 e. The largest absolute Gasteiger partial charge is 0.384 e. The maximum absolute atomic E-state index is 11.5. The van der Waals surface area contributed by atoms with E-state index < -0.39 is 0 Å². The van der Waals surface area contributed by atoms with Gasteiger partial charge in [0.1, 0.15) is 5.01 Å². The van der Waals surface area contributed by atoms with Crippen molar-refractivity contribution in [3.8, 4) is 10.6 Å². The monoisotopic (exact) mass is 341 g/mol. The van der Waals surface area contributed by atoms with Crippen LogP contribution in [0.5, 0.6) is 0 Å². The van der Waals surface area contributed by atoms with Crippen molar-refractivity contribution < 1.29 is 9.53 Å². The first-order chi connectivity index (χ1) is 9.19. The van der Waals surface area contributed by atoms with Crippen LogP contribution in [-0.4, -0.2) is 29.8 Å². The van der Waals surface area contributed by atoms with Gasteiger partial charge in [-0.05, 0) is 12.1 Å². The number of amides is 1. The fourth-order valence-electron chi connectivity index (χ4n) is 1.39. The fraction of sp³-hybridized carbons (Fsp3) is 0.250. The molecule has 7 heteroatoms. The summed E-state index contributed by atoms with van der Waals surface area (Å²) in [4.78, 5) is 11.5. The van der Waals surface area contributed by atoms with E-state index in [1.165, 1.54) is 11.3 Å². The highest BCUT2D eigenvalue weighted by Crippen LogP contribution is 2.28. The number of nitrogens with one attached hydrogen (secondary N) is 1. The standard InChI is InChI=1S/C12H12BrN3O2S/c1-18-6-5-10(17)14-12-16-15-11(19-12)8-3-2-4-9(13)7-8/h2-4,7H,5-6H2,1H3,(H,14,16,17). The van der Waals surface area contributed by atoms with E-state index in [0.29, 0.717) is 18.2 Å². The van der Waals surface area contributed by atoms with Crippen LogP contribution in [0.15, 0.2) is 28.7 Å². The zero-order chi connectivity index (χ0) is 13.7. The lowest BCUT2D eigenvalue weighted by Gasteiger charge is -1.99. The lowest BCUT2D eigenvalue weighted by molar-refractivity contribution is -0.117. The van der Waals surface area contributed by atoms with Crippen molar-refractivity contribution in [2.45, 2.75) is 6.42 Å². The lowest BCUT2D eigenvalue weighted by atomic mass is 10.2. The van der Waals surface area contributed by atoms with Gasteiger partial charge in [0.05, 0.1) is 13.0 Å². The second kappa shape index (κ2) is 6.74. The van der Waals surface area contributed by atoms with Crippen LogP contribution in [0.4, 0.5) is 5.13 Å². The van der Waals surface area contributed by atoms with Crippen LogP contribution in [0.3, 0.4) is 0 Å². The topological polar surface area (TPSA) is 64.1 Å². The highest BCUT2D eigenvalue weighted by atomic mass is 79.9. The molecule has 0 bridgehead atoms. The number of carbonyl (C=O) groups excluding carboxylic acids is 1. The maximum Gasteiger partial charge on any atom is 0.228 e. The van der Waals surface area contributed by atoms with Gasteiger partial charge < -0.3 is 10.1 Å². The maximum atomic E-state index is 11.5. The molecule has 1 aromatic carbocycles. The number of methoxy groups -OCH3 is 1. The molecule has 0 unspecified atom stereocenters. The molecule has 2 rings (SSSR count). The van der Waals surface area contributed by atoms with Crippen LogP contribution in [0, 0.1) is 0 Å². The van der Waals surface area contributed by atoms with E-state index in [2.05, 4.69) is 31.4 Å². The first-order valence-electron chi connectivity index (χ1n) is 5.57. The van der Waals surface area contributed by atoms with Crippen molar-refractivity contribution >= 4 is 38.3 Å². The number of hydrogen-bond acceptors (Lipinski definition) is 5. The average molecular weight is 342 g/mol. The van der Waals surface area contributed by atoms with E-state index in [4.69, 9.17) is 4.74 Å². The minimum absolute atomic E-state index is 0.126. The highest BCUT2D eigenvalue weighted by molar-refractivity contribution is 9.10. The van der Waals surface area contributed by atoms with E-state index in [9.17, 15) is 4.79 Å². The van der Waals surface area contributed by atoms with E-state index in [1.54, 1.807) is 7.11 Å². The number of halogens is 1. The quantitative estimate of drug-likeness (QED) is 0.907. The summed E-state index contributed by atoms with van der Waals surface area (Å²) < 4.78 is 5.82. The van der Waals surface area contributed by atoms with Crippen molar-refractivity contribution in [1.29, 1.82) is 0 Å². The summed E-state index contributed by atoms with van der Waals surface area (Å²) in [5.74, 6) is -0.126. The Balaban J connectivity index is 2.05. The molecule has 1 N–H and O–H groups in total. The summed E-state index contributed by atoms with van der Waals surface area (Å²) in [5.41, 5.74) is 0.962. The van der Waals surface area contributed by atoms with E-state index in [-0.39, 0.29) is 5.91 Å². The van der Waals surface area contributed by atoms with Gasteiger partial charge in [-0.15, -0.1) is 10.2 Å².